The first-order chi connectivity index (χ1) is 16.4. The minimum Gasteiger partial charge on any atom is -0.488 e. The predicted molar refractivity (Wildman–Crippen MR) is 136 cm³/mol. The van der Waals surface area contributed by atoms with Crippen molar-refractivity contribution in [1.29, 1.82) is 0 Å². The molecule has 0 atom stereocenters. The van der Waals surface area contributed by atoms with Crippen molar-refractivity contribution in [1.82, 2.24) is 14.8 Å². The maximum Gasteiger partial charge on any atom is 0.253 e. The van der Waals surface area contributed by atoms with E-state index in [1.807, 2.05) is 46.8 Å². The fraction of sp³-hybridized carbons (Fsp3) is 0.571. The lowest BCUT2D eigenvalue weighted by Crippen LogP contribution is -2.53. The number of rotatable bonds is 8. The van der Waals surface area contributed by atoms with Crippen molar-refractivity contribution in [3.05, 3.63) is 53.1 Å². The Morgan fingerprint density at radius 1 is 1.17 bits per heavy atom. The largest absolute Gasteiger partial charge is 0.488 e. The maximum atomic E-state index is 14.5. The van der Waals surface area contributed by atoms with Crippen LogP contribution >= 0.6 is 0 Å². The third kappa shape index (κ3) is 5.77. The molecule has 35 heavy (non-hydrogen) atoms. The van der Waals surface area contributed by atoms with Crippen LogP contribution in [0.15, 0.2) is 30.3 Å². The summed E-state index contributed by atoms with van der Waals surface area (Å²) in [6, 6.07) is 8.32. The number of aromatic nitrogens is 1. The van der Waals surface area contributed by atoms with Crippen LogP contribution in [0.2, 0.25) is 0 Å². The van der Waals surface area contributed by atoms with E-state index in [0.29, 0.717) is 24.3 Å². The fourth-order valence-electron chi connectivity index (χ4n) is 4.85. The Balaban J connectivity index is 1.81. The molecule has 6 nitrogen and oxygen atoms in total. The third-order valence-electron chi connectivity index (χ3n) is 6.82. The number of amides is 1. The van der Waals surface area contributed by atoms with Crippen molar-refractivity contribution in [2.45, 2.75) is 72.4 Å². The summed E-state index contributed by atoms with van der Waals surface area (Å²) < 4.78 is 19.9. The third-order valence-corrected chi connectivity index (χ3v) is 6.82. The molecular formula is C28H40FN3O3. The van der Waals surface area contributed by atoms with Crippen molar-refractivity contribution in [3.8, 4) is 5.75 Å². The van der Waals surface area contributed by atoms with Gasteiger partial charge in [-0.05, 0) is 77.0 Å². The SMILES string of the molecule is CCCN(C)C1(c2ccc(C(=O)C(C)(C)C)[nH]2)CCN(C(=O)c2ccc(OC(C)C)c(F)c2)CC1. The first kappa shape index (κ1) is 26.9. The van der Waals surface area contributed by atoms with Crippen LogP contribution in [-0.4, -0.2) is 59.3 Å². The van der Waals surface area contributed by atoms with Crippen LogP contribution in [0.1, 0.15) is 87.3 Å². The standard InChI is InChI=1S/C28H40FN3O3/c1-8-15-31(7)28(24-12-10-22(30-24)25(33)27(4,5)6)13-16-32(17-14-28)26(34)20-9-11-23(21(29)18-20)35-19(2)3/h9-12,18-19,30H,8,13-17H2,1-7H3. The van der Waals surface area contributed by atoms with E-state index in [1.165, 1.54) is 12.1 Å². The highest BCUT2D eigenvalue weighted by molar-refractivity contribution is 5.98. The molecular weight excluding hydrogens is 445 g/mol. The molecule has 0 saturated carbocycles. The quantitative estimate of drug-likeness (QED) is 0.491. The topological polar surface area (TPSA) is 65.6 Å². The zero-order valence-electron chi connectivity index (χ0n) is 22.2. The molecule has 1 N–H and O–H groups in total. The minimum atomic E-state index is -0.527. The fourth-order valence-corrected chi connectivity index (χ4v) is 4.85. The number of ether oxygens (including phenoxy) is 1. The number of hydrogen-bond acceptors (Lipinski definition) is 4. The molecule has 1 aliphatic heterocycles. The number of carbonyl (C=O) groups is 2. The van der Waals surface area contributed by atoms with Gasteiger partial charge in [0.1, 0.15) is 0 Å². The number of piperidine rings is 1. The van der Waals surface area contributed by atoms with Crippen LogP contribution in [0.3, 0.4) is 0 Å². The highest BCUT2D eigenvalue weighted by Gasteiger charge is 2.42. The molecule has 1 aromatic heterocycles. The van der Waals surface area contributed by atoms with Gasteiger partial charge < -0.3 is 14.6 Å². The van der Waals surface area contributed by atoms with E-state index in [9.17, 15) is 14.0 Å². The first-order valence-corrected chi connectivity index (χ1v) is 12.6. The second-order valence-electron chi connectivity index (χ2n) is 10.9. The summed E-state index contributed by atoms with van der Waals surface area (Å²) in [5.74, 6) is -0.470. The number of nitrogens with one attached hydrogen (secondary N) is 1. The Morgan fingerprint density at radius 2 is 1.83 bits per heavy atom. The van der Waals surface area contributed by atoms with E-state index >= 15 is 0 Å². The van der Waals surface area contributed by atoms with Crippen molar-refractivity contribution >= 4 is 11.7 Å². The number of carbonyl (C=O) groups excluding carboxylic acids is 2. The lowest BCUT2D eigenvalue weighted by Gasteiger charge is -2.47. The molecule has 1 amide bonds. The zero-order valence-corrected chi connectivity index (χ0v) is 22.2. The summed E-state index contributed by atoms with van der Waals surface area (Å²) >= 11 is 0. The average molecular weight is 486 g/mol. The number of H-pyrrole nitrogens is 1. The van der Waals surface area contributed by atoms with Gasteiger partial charge in [-0.25, -0.2) is 4.39 Å². The molecule has 7 heteroatoms. The molecule has 0 aliphatic carbocycles. The Morgan fingerprint density at radius 3 is 2.37 bits per heavy atom. The summed E-state index contributed by atoms with van der Waals surface area (Å²) in [6.07, 6.45) is 2.29. The van der Waals surface area contributed by atoms with E-state index < -0.39 is 11.2 Å². The Labute approximate surface area is 208 Å². The summed E-state index contributed by atoms with van der Waals surface area (Å²) in [7, 11) is 2.11. The van der Waals surface area contributed by atoms with Crippen LogP contribution in [0.25, 0.3) is 0 Å². The van der Waals surface area contributed by atoms with Crippen LogP contribution < -0.4 is 4.74 Å². The Hall–Kier alpha value is -2.67. The molecule has 1 fully saturated rings. The normalized spacial score (nSPS) is 16.1. The van der Waals surface area contributed by atoms with Crippen LogP contribution in [0.4, 0.5) is 4.39 Å². The van der Waals surface area contributed by atoms with Crippen LogP contribution in [0, 0.1) is 11.2 Å². The summed E-state index contributed by atoms with van der Waals surface area (Å²) in [5.41, 5.74) is 1.18. The first-order valence-electron chi connectivity index (χ1n) is 12.6. The highest BCUT2D eigenvalue weighted by atomic mass is 19.1. The lowest BCUT2D eigenvalue weighted by atomic mass is 9.82. The van der Waals surface area contributed by atoms with Gasteiger partial charge >= 0.3 is 0 Å². The predicted octanol–water partition coefficient (Wildman–Crippen LogP) is 5.64. The summed E-state index contributed by atoms with van der Waals surface area (Å²) in [4.78, 5) is 33.6. The minimum absolute atomic E-state index is 0.0802. The van der Waals surface area contributed by atoms with E-state index in [0.717, 1.165) is 31.5 Å². The van der Waals surface area contributed by atoms with E-state index in [2.05, 4.69) is 23.9 Å². The smallest absolute Gasteiger partial charge is 0.253 e. The number of likely N-dealkylation sites (tertiary alicyclic amines) is 1. The van der Waals surface area contributed by atoms with E-state index in [-0.39, 0.29) is 29.1 Å². The zero-order chi connectivity index (χ0) is 26.0. The summed E-state index contributed by atoms with van der Waals surface area (Å²) in [5, 5.41) is 0. The van der Waals surface area contributed by atoms with E-state index in [1.54, 1.807) is 11.0 Å². The monoisotopic (exact) mass is 485 g/mol. The van der Waals surface area contributed by atoms with Crippen LogP contribution in [-0.2, 0) is 5.54 Å². The van der Waals surface area contributed by atoms with Crippen molar-refractivity contribution in [2.75, 3.05) is 26.7 Å². The lowest BCUT2D eigenvalue weighted by molar-refractivity contribution is 0.0285. The Bertz CT molecular complexity index is 1050. The Kier molecular flexibility index (Phi) is 8.10. The number of benzene rings is 1. The number of ketones is 1. The number of aromatic amines is 1. The molecule has 0 bridgehead atoms. The van der Waals surface area contributed by atoms with Gasteiger partial charge in [0.15, 0.2) is 17.3 Å². The molecule has 0 unspecified atom stereocenters. The molecule has 192 valence electrons. The molecule has 2 aromatic rings. The van der Waals surface area contributed by atoms with Gasteiger partial charge in [-0.15, -0.1) is 0 Å². The van der Waals surface area contributed by atoms with Gasteiger partial charge in [-0.3, -0.25) is 14.5 Å². The van der Waals surface area contributed by atoms with Gasteiger partial charge in [-0.1, -0.05) is 27.7 Å². The maximum absolute atomic E-state index is 14.5. The van der Waals surface area contributed by atoms with Gasteiger partial charge in [0, 0.05) is 29.8 Å². The van der Waals surface area contributed by atoms with Crippen molar-refractivity contribution in [2.24, 2.45) is 5.41 Å². The van der Waals surface area contributed by atoms with Crippen molar-refractivity contribution in [3.63, 3.8) is 0 Å². The molecule has 1 aliphatic rings. The van der Waals surface area contributed by atoms with Crippen molar-refractivity contribution < 1.29 is 18.7 Å². The second kappa shape index (κ2) is 10.5. The molecule has 3 rings (SSSR count). The van der Waals surface area contributed by atoms with Gasteiger partial charge in [-0.2, -0.15) is 0 Å². The highest BCUT2D eigenvalue weighted by Crippen LogP contribution is 2.39. The molecule has 0 radical (unpaired) electrons. The van der Waals surface area contributed by atoms with Crippen LogP contribution in [0.5, 0.6) is 5.75 Å². The van der Waals surface area contributed by atoms with E-state index in [4.69, 9.17) is 4.74 Å². The molecule has 1 aromatic carbocycles. The molecule has 0 spiro atoms. The number of hydrogen-bond donors (Lipinski definition) is 1. The number of halogens is 1. The summed E-state index contributed by atoms with van der Waals surface area (Å²) in [6.45, 7) is 13.6. The van der Waals surface area contributed by atoms with Gasteiger partial charge in [0.2, 0.25) is 0 Å². The number of nitrogens with zero attached hydrogens (tertiary/aromatic N) is 2. The average Bonchev–Trinajstić information content (AvgIpc) is 3.29. The number of Topliss-reactive ketones (excluding diaryl/α,β-unsaturated/α-hetero) is 1. The molecule has 1 saturated heterocycles. The molecule has 2 heterocycles. The second-order valence-corrected chi connectivity index (χ2v) is 10.9. The van der Waals surface area contributed by atoms with Gasteiger partial charge in [0.05, 0.1) is 17.3 Å². The van der Waals surface area contributed by atoms with Gasteiger partial charge in [0.25, 0.3) is 5.91 Å².